The van der Waals surface area contributed by atoms with Crippen molar-refractivity contribution in [2.45, 2.75) is 39.3 Å². The zero-order valence-corrected chi connectivity index (χ0v) is 16.1. The molecule has 4 rings (SSSR count). The van der Waals surface area contributed by atoms with E-state index in [0.29, 0.717) is 17.4 Å². The van der Waals surface area contributed by atoms with Crippen LogP contribution in [0.1, 0.15) is 36.7 Å². The van der Waals surface area contributed by atoms with Gasteiger partial charge in [-0.1, -0.05) is 0 Å². The lowest BCUT2D eigenvalue weighted by atomic mass is 10.2. The van der Waals surface area contributed by atoms with Gasteiger partial charge in [-0.25, -0.2) is 9.97 Å². The number of aromatic nitrogens is 3. The highest BCUT2D eigenvalue weighted by Gasteiger charge is 2.29. The zero-order valence-electron chi connectivity index (χ0n) is 16.1. The molecule has 2 atom stereocenters. The van der Waals surface area contributed by atoms with E-state index in [1.165, 1.54) is 0 Å². The first kappa shape index (κ1) is 17.7. The highest BCUT2D eigenvalue weighted by molar-refractivity contribution is 5.67. The molecule has 1 saturated heterocycles. The number of methoxy groups -OCH3 is 1. The Labute approximate surface area is 158 Å². The van der Waals surface area contributed by atoms with Crippen LogP contribution in [-0.2, 0) is 0 Å². The molecule has 1 unspecified atom stereocenters. The molecule has 3 aromatic rings. The van der Waals surface area contributed by atoms with Gasteiger partial charge in [-0.05, 0) is 32.4 Å². The van der Waals surface area contributed by atoms with E-state index < -0.39 is 0 Å². The molecule has 142 valence electrons. The summed E-state index contributed by atoms with van der Waals surface area (Å²) >= 11 is 0. The molecule has 0 N–H and O–H groups in total. The normalized spacial score (nSPS) is 18.7. The Kier molecular flexibility index (Phi) is 4.70. The summed E-state index contributed by atoms with van der Waals surface area (Å²) in [5, 5.41) is 0. The van der Waals surface area contributed by atoms with Crippen LogP contribution in [0.5, 0.6) is 11.6 Å². The van der Waals surface area contributed by atoms with Crippen molar-refractivity contribution in [3.63, 3.8) is 0 Å². The van der Waals surface area contributed by atoms with Crippen molar-refractivity contribution >= 4 is 11.2 Å². The lowest BCUT2D eigenvalue weighted by Crippen LogP contribution is -2.28. The first-order valence-electron chi connectivity index (χ1n) is 9.19. The first-order valence-corrected chi connectivity index (χ1v) is 9.19. The predicted molar refractivity (Wildman–Crippen MR) is 101 cm³/mol. The average molecular weight is 368 g/mol. The van der Waals surface area contributed by atoms with Crippen LogP contribution >= 0.6 is 0 Å². The largest absolute Gasteiger partial charge is 0.489 e. The van der Waals surface area contributed by atoms with Crippen LogP contribution < -0.4 is 9.47 Å². The third-order valence-electron chi connectivity index (χ3n) is 4.95. The molecular formula is C20H24N4O3. The minimum absolute atomic E-state index is 0.136. The van der Waals surface area contributed by atoms with Crippen LogP contribution in [0.25, 0.3) is 11.2 Å². The van der Waals surface area contributed by atoms with Gasteiger partial charge in [0.25, 0.3) is 0 Å². The minimum atomic E-state index is 0.136. The Hall–Kier alpha value is -2.67. The summed E-state index contributed by atoms with van der Waals surface area (Å²) in [6.45, 7) is 7.75. The van der Waals surface area contributed by atoms with Gasteiger partial charge in [0, 0.05) is 43.9 Å². The Morgan fingerprint density at radius 2 is 2.04 bits per heavy atom. The van der Waals surface area contributed by atoms with Crippen molar-refractivity contribution in [1.29, 1.82) is 0 Å². The topological polar surface area (TPSA) is 73.5 Å². The fourth-order valence-corrected chi connectivity index (χ4v) is 3.54. The second-order valence-corrected chi connectivity index (χ2v) is 6.98. The molecule has 0 bridgehead atoms. The molecule has 7 heteroatoms. The SMILES string of the molecule is COc1cc(O[C@@H]2CCN(C(C)c3ccc4oc(C)nc4n3)C2)cc(C)n1. The van der Waals surface area contributed by atoms with Crippen LogP contribution in [0, 0.1) is 13.8 Å². The van der Waals surface area contributed by atoms with E-state index in [2.05, 4.69) is 26.8 Å². The molecule has 1 fully saturated rings. The molecule has 3 aromatic heterocycles. The first-order chi connectivity index (χ1) is 13.0. The summed E-state index contributed by atoms with van der Waals surface area (Å²) in [5.41, 5.74) is 3.28. The van der Waals surface area contributed by atoms with E-state index in [4.69, 9.17) is 13.9 Å². The third-order valence-corrected chi connectivity index (χ3v) is 4.95. The monoisotopic (exact) mass is 368 g/mol. The summed E-state index contributed by atoms with van der Waals surface area (Å²) in [6.07, 6.45) is 1.11. The second kappa shape index (κ2) is 7.15. The smallest absolute Gasteiger partial charge is 0.216 e. The lowest BCUT2D eigenvalue weighted by molar-refractivity contribution is 0.181. The summed E-state index contributed by atoms with van der Waals surface area (Å²) in [5.74, 6) is 2.02. The number of aryl methyl sites for hydroxylation is 2. The van der Waals surface area contributed by atoms with Gasteiger partial charge in [0.1, 0.15) is 11.9 Å². The van der Waals surface area contributed by atoms with E-state index in [1.54, 1.807) is 7.11 Å². The average Bonchev–Trinajstić information content (AvgIpc) is 3.25. The van der Waals surface area contributed by atoms with Crippen molar-refractivity contribution in [2.75, 3.05) is 20.2 Å². The highest BCUT2D eigenvalue weighted by Crippen LogP contribution is 2.28. The molecule has 7 nitrogen and oxygen atoms in total. The van der Waals surface area contributed by atoms with Gasteiger partial charge in [-0.15, -0.1) is 0 Å². The molecular weight excluding hydrogens is 344 g/mol. The van der Waals surface area contributed by atoms with E-state index >= 15 is 0 Å². The molecule has 0 aliphatic carbocycles. The van der Waals surface area contributed by atoms with E-state index in [9.17, 15) is 0 Å². The molecule has 1 aliphatic rings. The fourth-order valence-electron chi connectivity index (χ4n) is 3.54. The minimum Gasteiger partial charge on any atom is -0.489 e. The number of fused-ring (bicyclic) bond motifs is 1. The summed E-state index contributed by atoms with van der Waals surface area (Å²) in [7, 11) is 1.62. The standard InChI is InChI=1S/C20H24N4O3/c1-12-9-16(10-19(21-12)25-4)27-15-7-8-24(11-15)13(2)17-5-6-18-20(23-17)22-14(3)26-18/h5-6,9-10,13,15H,7-8,11H2,1-4H3/t13?,15-/m1/s1. The van der Waals surface area contributed by atoms with E-state index in [-0.39, 0.29) is 12.1 Å². The van der Waals surface area contributed by atoms with Crippen molar-refractivity contribution in [2.24, 2.45) is 0 Å². The lowest BCUT2D eigenvalue weighted by Gasteiger charge is -2.23. The summed E-state index contributed by atoms with van der Waals surface area (Å²) in [6, 6.07) is 7.93. The van der Waals surface area contributed by atoms with Gasteiger partial charge < -0.3 is 13.9 Å². The van der Waals surface area contributed by atoms with Crippen molar-refractivity contribution < 1.29 is 13.9 Å². The Balaban J connectivity index is 1.44. The molecule has 0 spiro atoms. The highest BCUT2D eigenvalue weighted by atomic mass is 16.5. The third kappa shape index (κ3) is 3.73. The van der Waals surface area contributed by atoms with Crippen molar-refractivity contribution in [1.82, 2.24) is 19.9 Å². The van der Waals surface area contributed by atoms with E-state index in [0.717, 1.165) is 42.2 Å². The Bertz CT molecular complexity index is 956. The van der Waals surface area contributed by atoms with Crippen LogP contribution in [0.2, 0.25) is 0 Å². The fraction of sp³-hybridized carbons (Fsp3) is 0.450. The number of nitrogens with zero attached hydrogens (tertiary/aromatic N) is 4. The van der Waals surface area contributed by atoms with Crippen LogP contribution in [-0.4, -0.2) is 46.2 Å². The van der Waals surface area contributed by atoms with Gasteiger partial charge in [-0.2, -0.15) is 4.98 Å². The van der Waals surface area contributed by atoms with Gasteiger partial charge >= 0.3 is 0 Å². The maximum Gasteiger partial charge on any atom is 0.216 e. The maximum absolute atomic E-state index is 6.18. The number of oxazole rings is 1. The second-order valence-electron chi connectivity index (χ2n) is 6.98. The zero-order chi connectivity index (χ0) is 19.0. The molecule has 0 radical (unpaired) electrons. The van der Waals surface area contributed by atoms with Crippen LogP contribution in [0.4, 0.5) is 0 Å². The molecule has 4 heterocycles. The van der Waals surface area contributed by atoms with Crippen LogP contribution in [0.15, 0.2) is 28.7 Å². The van der Waals surface area contributed by atoms with Gasteiger partial charge in [-0.3, -0.25) is 4.90 Å². The number of hydrogen-bond acceptors (Lipinski definition) is 7. The number of pyridine rings is 2. The quantitative estimate of drug-likeness (QED) is 0.683. The predicted octanol–water partition coefficient (Wildman–Crippen LogP) is 3.46. The number of hydrogen-bond donors (Lipinski definition) is 0. The van der Waals surface area contributed by atoms with Gasteiger partial charge in [0.15, 0.2) is 17.1 Å². The molecule has 27 heavy (non-hydrogen) atoms. The molecule has 0 aromatic carbocycles. The van der Waals surface area contributed by atoms with Gasteiger partial charge in [0.05, 0.1) is 12.8 Å². The summed E-state index contributed by atoms with van der Waals surface area (Å²) < 4.78 is 16.9. The maximum atomic E-state index is 6.18. The van der Waals surface area contributed by atoms with Crippen LogP contribution in [0.3, 0.4) is 0 Å². The number of ether oxygens (including phenoxy) is 2. The van der Waals surface area contributed by atoms with Gasteiger partial charge in [0.2, 0.25) is 5.88 Å². The number of likely N-dealkylation sites (tertiary alicyclic amines) is 1. The number of rotatable bonds is 5. The van der Waals surface area contributed by atoms with Crippen molar-refractivity contribution in [3.8, 4) is 11.6 Å². The molecule has 1 aliphatic heterocycles. The summed E-state index contributed by atoms with van der Waals surface area (Å²) in [4.78, 5) is 15.7. The molecule has 0 saturated carbocycles. The Morgan fingerprint density at radius 1 is 1.19 bits per heavy atom. The Morgan fingerprint density at radius 3 is 2.85 bits per heavy atom. The molecule has 0 amide bonds. The van der Waals surface area contributed by atoms with E-state index in [1.807, 2.05) is 38.1 Å². The van der Waals surface area contributed by atoms with Crippen molar-refractivity contribution in [3.05, 3.63) is 41.5 Å².